The van der Waals surface area contributed by atoms with Crippen LogP contribution in [0.15, 0.2) is 0 Å². The number of nitrogens with zero attached hydrogens (tertiary/aromatic N) is 1. The highest BCUT2D eigenvalue weighted by molar-refractivity contribution is 7.59. The van der Waals surface area contributed by atoms with Crippen molar-refractivity contribution in [2.75, 3.05) is 34.0 Å². The topological polar surface area (TPSA) is 50.8 Å². The van der Waals surface area contributed by atoms with Crippen LogP contribution in [0.1, 0.15) is 13.3 Å². The summed E-state index contributed by atoms with van der Waals surface area (Å²) in [4.78, 5) is 0. The molecule has 5 nitrogen and oxygen atoms in total. The first kappa shape index (κ1) is 15.2. The van der Waals surface area contributed by atoms with Crippen LogP contribution in [0.2, 0.25) is 0 Å². The number of nitrogens with one attached hydrogen (secondary N) is 1. The van der Waals surface area contributed by atoms with Gasteiger partial charge in [-0.05, 0) is 20.5 Å². The molecule has 0 radical (unpaired) electrons. The van der Waals surface area contributed by atoms with Crippen LogP contribution >= 0.6 is 7.44 Å². The molecule has 4 atom stereocenters. The molecule has 0 saturated carbocycles. The summed E-state index contributed by atoms with van der Waals surface area (Å²) in [7, 11) is 4.94. The zero-order valence-electron chi connectivity index (χ0n) is 11.5. The highest BCUT2D eigenvalue weighted by atomic mass is 31.2. The average molecular weight is 262 g/mol. The summed E-state index contributed by atoms with van der Waals surface area (Å²) >= 11 is 0. The Kier molecular flexibility index (Phi) is 5.67. The Labute approximate surface area is 105 Å². The van der Waals surface area contributed by atoms with Crippen molar-refractivity contribution in [2.24, 2.45) is 0 Å². The molecule has 0 amide bonds. The smallest absolute Gasteiger partial charge is 0.213 e. The summed E-state index contributed by atoms with van der Waals surface area (Å²) in [5.41, 5.74) is 0. The molecule has 1 N–H and O–H groups in total. The van der Waals surface area contributed by atoms with Crippen molar-refractivity contribution < 1.29 is 14.0 Å². The van der Waals surface area contributed by atoms with Crippen LogP contribution in [0, 0.1) is 0 Å². The van der Waals surface area contributed by atoms with E-state index in [9.17, 15) is 4.57 Å². The monoisotopic (exact) mass is 262 g/mol. The number of rotatable bonds is 6. The second-order valence-corrected chi connectivity index (χ2v) is 7.87. The fraction of sp³-hybridized carbons (Fsp3) is 1.00. The fourth-order valence-electron chi connectivity index (χ4n) is 2.16. The maximum atomic E-state index is 12.6. The van der Waals surface area contributed by atoms with E-state index in [0.29, 0.717) is 12.8 Å². The molecule has 7 heteroatoms. The van der Waals surface area contributed by atoms with Crippen molar-refractivity contribution in [3.05, 3.63) is 0 Å². The summed E-state index contributed by atoms with van der Waals surface area (Å²) in [6.45, 7) is 2.48. The quantitative estimate of drug-likeness (QED) is 0.544. The molecular formula is C10H24BN2O3P. The highest BCUT2D eigenvalue weighted by Gasteiger charge is 2.37. The minimum atomic E-state index is -2.46. The second-order valence-electron chi connectivity index (χ2n) is 4.78. The molecule has 0 bridgehead atoms. The van der Waals surface area contributed by atoms with Gasteiger partial charge in [0.05, 0.1) is 12.7 Å². The summed E-state index contributed by atoms with van der Waals surface area (Å²) in [6.07, 6.45) is 1.49. The van der Waals surface area contributed by atoms with Crippen LogP contribution in [0.5, 0.6) is 0 Å². The van der Waals surface area contributed by atoms with Crippen LogP contribution in [0.25, 0.3) is 0 Å². The summed E-state index contributed by atoms with van der Waals surface area (Å²) < 4.78 is 25.3. The van der Waals surface area contributed by atoms with E-state index in [1.807, 2.05) is 28.9 Å². The van der Waals surface area contributed by atoms with Crippen molar-refractivity contribution >= 4 is 15.3 Å². The molecule has 1 fully saturated rings. The molecule has 17 heavy (non-hydrogen) atoms. The first-order valence-electron chi connectivity index (χ1n) is 6.12. The lowest BCUT2D eigenvalue weighted by Crippen LogP contribution is -2.40. The molecule has 0 aromatic rings. The molecule has 1 aliphatic heterocycles. The molecule has 1 rings (SSSR count). The van der Waals surface area contributed by atoms with Gasteiger partial charge in [-0.15, -0.1) is 0 Å². The van der Waals surface area contributed by atoms with Crippen LogP contribution in [0.3, 0.4) is 0 Å². The van der Waals surface area contributed by atoms with E-state index < -0.39 is 7.44 Å². The third-order valence-electron chi connectivity index (χ3n) is 3.22. The van der Waals surface area contributed by atoms with Crippen molar-refractivity contribution in [1.29, 1.82) is 0 Å². The Bertz CT molecular complexity index is 291. The van der Waals surface area contributed by atoms with Gasteiger partial charge in [0.15, 0.2) is 0 Å². The van der Waals surface area contributed by atoms with E-state index in [2.05, 4.69) is 5.09 Å². The number of hydrogen-bond donors (Lipinski definition) is 1. The molecule has 1 heterocycles. The van der Waals surface area contributed by atoms with E-state index in [-0.39, 0.29) is 18.1 Å². The number of ether oxygens (including phenoxy) is 2. The average Bonchev–Trinajstić information content (AvgIpc) is 2.59. The summed E-state index contributed by atoms with van der Waals surface area (Å²) in [6, 6.07) is 0.304. The zero-order chi connectivity index (χ0) is 13.1. The Morgan fingerprint density at radius 2 is 2.24 bits per heavy atom. The Morgan fingerprint density at radius 1 is 1.59 bits per heavy atom. The van der Waals surface area contributed by atoms with E-state index in [4.69, 9.17) is 9.47 Å². The lowest BCUT2D eigenvalue weighted by atomic mass is 9.95. The van der Waals surface area contributed by atoms with E-state index >= 15 is 0 Å². The number of methoxy groups -OCH3 is 1. The van der Waals surface area contributed by atoms with Gasteiger partial charge in [0.25, 0.3) is 0 Å². The maximum absolute atomic E-state index is 12.6. The predicted molar refractivity (Wildman–Crippen MR) is 72.5 cm³/mol. The third kappa shape index (κ3) is 3.80. The molecule has 1 aliphatic rings. The Balaban J connectivity index is 2.68. The molecule has 0 spiro atoms. The first-order chi connectivity index (χ1) is 7.92. The van der Waals surface area contributed by atoms with Crippen LogP contribution in [-0.2, 0) is 14.0 Å². The van der Waals surface area contributed by atoms with Crippen molar-refractivity contribution in [3.63, 3.8) is 0 Å². The van der Waals surface area contributed by atoms with Gasteiger partial charge >= 0.3 is 0 Å². The summed E-state index contributed by atoms with van der Waals surface area (Å²) in [5.74, 6) is 0. The molecule has 1 saturated heterocycles. The maximum Gasteiger partial charge on any atom is 0.213 e. The van der Waals surface area contributed by atoms with Gasteiger partial charge in [-0.25, -0.2) is 9.76 Å². The fourth-order valence-corrected chi connectivity index (χ4v) is 3.93. The minimum Gasteiger partial charge on any atom is -0.382 e. The van der Waals surface area contributed by atoms with Gasteiger partial charge in [0.1, 0.15) is 7.85 Å². The van der Waals surface area contributed by atoms with E-state index in [0.717, 1.165) is 6.42 Å². The zero-order valence-corrected chi connectivity index (χ0v) is 12.4. The molecule has 100 valence electrons. The molecule has 0 aliphatic carbocycles. The van der Waals surface area contributed by atoms with Crippen LogP contribution in [0.4, 0.5) is 0 Å². The SMILES string of the molecule is B[C@H]1CC(NP(=O)(CC)N(C)C)[C@@H](COC)O1. The van der Waals surface area contributed by atoms with Gasteiger partial charge in [-0.1, -0.05) is 6.92 Å². The Hall–Kier alpha value is 0.135. The van der Waals surface area contributed by atoms with Crippen LogP contribution in [-0.4, -0.2) is 64.6 Å². The standard InChI is InChI=1S/C10H24BN2O3P/c1-5-17(14,13(2)3)12-8-6-10(11)16-9(8)7-15-4/h8-10H,5-7,11H2,1-4H3,(H,12,14)/t8?,9-,10-,17?/m1/s1. The largest absolute Gasteiger partial charge is 0.382 e. The first-order valence-corrected chi connectivity index (χ1v) is 7.96. The van der Waals surface area contributed by atoms with Crippen molar-refractivity contribution in [3.8, 4) is 0 Å². The minimum absolute atomic E-state index is 0.00479. The molecule has 0 aromatic heterocycles. The van der Waals surface area contributed by atoms with Gasteiger partial charge in [0, 0.05) is 25.3 Å². The van der Waals surface area contributed by atoms with E-state index in [1.165, 1.54) is 0 Å². The lowest BCUT2D eigenvalue weighted by molar-refractivity contribution is 0.0182. The Morgan fingerprint density at radius 3 is 2.71 bits per heavy atom. The van der Waals surface area contributed by atoms with Gasteiger partial charge in [0.2, 0.25) is 7.44 Å². The normalized spacial score (nSPS) is 32.9. The van der Waals surface area contributed by atoms with Gasteiger partial charge in [-0.2, -0.15) is 0 Å². The third-order valence-corrected chi connectivity index (χ3v) is 6.10. The second kappa shape index (κ2) is 6.35. The van der Waals surface area contributed by atoms with E-state index in [1.54, 1.807) is 11.8 Å². The van der Waals surface area contributed by atoms with Crippen molar-refractivity contribution in [2.45, 2.75) is 31.5 Å². The summed E-state index contributed by atoms with van der Waals surface area (Å²) in [5, 5.41) is 3.28. The lowest BCUT2D eigenvalue weighted by Gasteiger charge is -2.29. The number of hydrogen-bond acceptors (Lipinski definition) is 3. The molecular weight excluding hydrogens is 238 g/mol. The highest BCUT2D eigenvalue weighted by Crippen LogP contribution is 2.44. The van der Waals surface area contributed by atoms with Crippen LogP contribution < -0.4 is 5.09 Å². The van der Waals surface area contributed by atoms with Gasteiger partial charge < -0.3 is 9.47 Å². The van der Waals surface area contributed by atoms with Gasteiger partial charge in [-0.3, -0.25) is 4.57 Å². The molecule has 2 unspecified atom stereocenters. The molecule has 0 aromatic carbocycles. The van der Waals surface area contributed by atoms with Crippen molar-refractivity contribution in [1.82, 2.24) is 9.76 Å². The predicted octanol–water partition coefficient (Wildman–Crippen LogP) is 0.114.